The molecule has 0 amide bonds. The number of hydrogen-bond donors (Lipinski definition) is 1. The molecule has 4 rings (SSSR count). The second-order valence-corrected chi connectivity index (χ2v) is 7.35. The molecule has 0 unspecified atom stereocenters. The van der Waals surface area contributed by atoms with Gasteiger partial charge in [0.25, 0.3) is 10.0 Å². The van der Waals surface area contributed by atoms with Crippen LogP contribution in [0.3, 0.4) is 0 Å². The number of rotatable bonds is 3. The molecule has 0 fully saturated rings. The summed E-state index contributed by atoms with van der Waals surface area (Å²) in [7, 11) is -1.92. The SMILES string of the molecule is Cn1nc2c(c1NS(=O)(=O)c1cccc3c1OCC3)CCC2. The highest BCUT2D eigenvalue weighted by atomic mass is 32.2. The molecule has 116 valence electrons. The number of nitrogens with one attached hydrogen (secondary N) is 1. The van der Waals surface area contributed by atoms with Crippen LogP contribution in [0.15, 0.2) is 23.1 Å². The minimum atomic E-state index is -3.69. The van der Waals surface area contributed by atoms with E-state index in [9.17, 15) is 8.42 Å². The molecule has 0 radical (unpaired) electrons. The van der Waals surface area contributed by atoms with E-state index in [-0.39, 0.29) is 4.90 Å². The number of benzene rings is 1. The fraction of sp³-hybridized carbons (Fsp3) is 0.400. The predicted molar refractivity (Wildman–Crippen MR) is 81.7 cm³/mol. The lowest BCUT2D eigenvalue weighted by molar-refractivity contribution is 0.348. The Morgan fingerprint density at radius 3 is 3.00 bits per heavy atom. The van der Waals surface area contributed by atoms with Crippen LogP contribution >= 0.6 is 0 Å². The molecule has 7 heteroatoms. The molecule has 6 nitrogen and oxygen atoms in total. The van der Waals surface area contributed by atoms with Crippen molar-refractivity contribution >= 4 is 15.8 Å². The van der Waals surface area contributed by atoms with Gasteiger partial charge in [-0.15, -0.1) is 0 Å². The summed E-state index contributed by atoms with van der Waals surface area (Å²) >= 11 is 0. The third-order valence-electron chi connectivity index (χ3n) is 4.27. The second kappa shape index (κ2) is 4.74. The molecule has 1 N–H and O–H groups in total. The lowest BCUT2D eigenvalue weighted by Crippen LogP contribution is -2.17. The van der Waals surface area contributed by atoms with Crippen LogP contribution < -0.4 is 9.46 Å². The second-order valence-electron chi connectivity index (χ2n) is 5.70. The fourth-order valence-corrected chi connectivity index (χ4v) is 4.54. The number of ether oxygens (including phenoxy) is 1. The van der Waals surface area contributed by atoms with Gasteiger partial charge >= 0.3 is 0 Å². The van der Waals surface area contributed by atoms with E-state index in [0.29, 0.717) is 18.2 Å². The lowest BCUT2D eigenvalue weighted by Gasteiger charge is -2.12. The normalized spacial score (nSPS) is 16.2. The van der Waals surface area contributed by atoms with Crippen molar-refractivity contribution in [2.45, 2.75) is 30.6 Å². The zero-order chi connectivity index (χ0) is 15.3. The highest BCUT2D eigenvalue weighted by molar-refractivity contribution is 7.92. The van der Waals surface area contributed by atoms with Crippen molar-refractivity contribution in [3.63, 3.8) is 0 Å². The largest absolute Gasteiger partial charge is 0.492 e. The molecular weight excluding hydrogens is 302 g/mol. The number of sulfonamides is 1. The number of nitrogens with zero attached hydrogens (tertiary/aromatic N) is 2. The molecule has 1 aromatic heterocycles. The quantitative estimate of drug-likeness (QED) is 0.933. The van der Waals surface area contributed by atoms with E-state index in [2.05, 4.69) is 9.82 Å². The third kappa shape index (κ3) is 1.99. The van der Waals surface area contributed by atoms with E-state index < -0.39 is 10.0 Å². The van der Waals surface area contributed by atoms with Crippen molar-refractivity contribution in [1.82, 2.24) is 9.78 Å². The Morgan fingerprint density at radius 1 is 1.27 bits per heavy atom. The molecule has 2 aromatic rings. The van der Waals surface area contributed by atoms with E-state index in [1.54, 1.807) is 23.9 Å². The smallest absolute Gasteiger partial charge is 0.266 e. The van der Waals surface area contributed by atoms with Crippen molar-refractivity contribution in [3.8, 4) is 5.75 Å². The van der Waals surface area contributed by atoms with Crippen molar-refractivity contribution in [2.24, 2.45) is 7.05 Å². The van der Waals surface area contributed by atoms with E-state index >= 15 is 0 Å². The van der Waals surface area contributed by atoms with E-state index in [0.717, 1.165) is 42.5 Å². The average molecular weight is 319 g/mol. The summed E-state index contributed by atoms with van der Waals surface area (Å²) < 4.78 is 35.4. The molecule has 1 aliphatic carbocycles. The number of anilines is 1. The number of aryl methyl sites for hydroxylation is 2. The molecule has 0 saturated heterocycles. The highest BCUT2D eigenvalue weighted by Gasteiger charge is 2.28. The molecular formula is C15H17N3O3S. The fourth-order valence-electron chi connectivity index (χ4n) is 3.23. The zero-order valence-corrected chi connectivity index (χ0v) is 13.1. The van der Waals surface area contributed by atoms with Crippen molar-refractivity contribution < 1.29 is 13.2 Å². The first-order chi connectivity index (χ1) is 10.6. The molecule has 0 spiro atoms. The van der Waals surface area contributed by atoms with Crippen LogP contribution in [0.2, 0.25) is 0 Å². The van der Waals surface area contributed by atoms with E-state index in [1.165, 1.54) is 0 Å². The maximum atomic E-state index is 12.8. The molecule has 1 aromatic carbocycles. The van der Waals surface area contributed by atoms with Crippen molar-refractivity contribution in [3.05, 3.63) is 35.0 Å². The summed E-state index contributed by atoms with van der Waals surface area (Å²) in [5, 5.41) is 4.40. The molecule has 0 atom stereocenters. The Hall–Kier alpha value is -2.02. The van der Waals surface area contributed by atoms with E-state index in [4.69, 9.17) is 4.74 Å². The van der Waals surface area contributed by atoms with Gasteiger partial charge in [0.1, 0.15) is 16.5 Å². The molecule has 2 heterocycles. The standard InChI is InChI=1S/C15H17N3O3S/c1-18-15(11-5-3-6-12(11)16-18)17-22(19,20)13-7-2-4-10-8-9-21-14(10)13/h2,4,7,17H,3,5-6,8-9H2,1H3. The highest BCUT2D eigenvalue weighted by Crippen LogP contribution is 2.35. The Labute approximate surface area is 129 Å². The Balaban J connectivity index is 1.76. The summed E-state index contributed by atoms with van der Waals surface area (Å²) in [4.78, 5) is 0.204. The lowest BCUT2D eigenvalue weighted by atomic mass is 10.2. The number of fused-ring (bicyclic) bond motifs is 2. The summed E-state index contributed by atoms with van der Waals surface area (Å²) in [6.45, 7) is 0.531. The first-order valence-corrected chi connectivity index (χ1v) is 8.87. The average Bonchev–Trinajstić information content (AvgIpc) is 3.16. The molecule has 22 heavy (non-hydrogen) atoms. The summed E-state index contributed by atoms with van der Waals surface area (Å²) in [5.74, 6) is 1.05. The van der Waals surface area contributed by atoms with Crippen LogP contribution in [0.5, 0.6) is 5.75 Å². The Morgan fingerprint density at radius 2 is 2.14 bits per heavy atom. The molecule has 1 aliphatic heterocycles. The minimum absolute atomic E-state index is 0.204. The van der Waals surface area contributed by atoms with Gasteiger partial charge < -0.3 is 4.74 Å². The number of para-hydroxylation sites is 1. The van der Waals surface area contributed by atoms with Gasteiger partial charge in [0.05, 0.1) is 12.3 Å². The molecule has 0 saturated carbocycles. The van der Waals surface area contributed by atoms with Crippen molar-refractivity contribution in [1.29, 1.82) is 0 Å². The van der Waals surface area contributed by atoms with Crippen molar-refractivity contribution in [2.75, 3.05) is 11.3 Å². The Kier molecular flexibility index (Phi) is 2.94. The van der Waals surface area contributed by atoms with Gasteiger partial charge in [0.2, 0.25) is 0 Å². The number of aromatic nitrogens is 2. The van der Waals surface area contributed by atoms with Gasteiger partial charge in [-0.1, -0.05) is 12.1 Å². The molecule has 0 bridgehead atoms. The summed E-state index contributed by atoms with van der Waals surface area (Å²) in [6.07, 6.45) is 3.55. The Bertz CT molecular complexity index is 855. The minimum Gasteiger partial charge on any atom is -0.492 e. The maximum absolute atomic E-state index is 12.8. The van der Waals surface area contributed by atoms with Crippen LogP contribution in [0.1, 0.15) is 23.2 Å². The maximum Gasteiger partial charge on any atom is 0.266 e. The van der Waals surface area contributed by atoms with Crippen LogP contribution in [-0.2, 0) is 36.3 Å². The van der Waals surface area contributed by atoms with Gasteiger partial charge in [-0.25, -0.2) is 8.42 Å². The van der Waals surface area contributed by atoms with Crippen LogP contribution in [0, 0.1) is 0 Å². The summed E-state index contributed by atoms with van der Waals surface area (Å²) in [5.41, 5.74) is 2.95. The predicted octanol–water partition coefficient (Wildman–Crippen LogP) is 1.64. The first-order valence-electron chi connectivity index (χ1n) is 7.38. The van der Waals surface area contributed by atoms with Gasteiger partial charge in [-0.2, -0.15) is 5.10 Å². The van der Waals surface area contributed by atoms with Crippen LogP contribution in [-0.4, -0.2) is 24.8 Å². The van der Waals surface area contributed by atoms with Gasteiger partial charge in [-0.3, -0.25) is 9.40 Å². The topological polar surface area (TPSA) is 73.2 Å². The third-order valence-corrected chi connectivity index (χ3v) is 5.63. The van der Waals surface area contributed by atoms with Gasteiger partial charge in [0.15, 0.2) is 0 Å². The van der Waals surface area contributed by atoms with Crippen LogP contribution in [0.4, 0.5) is 5.82 Å². The summed E-state index contributed by atoms with van der Waals surface area (Å²) in [6, 6.07) is 5.25. The van der Waals surface area contributed by atoms with Gasteiger partial charge in [0, 0.05) is 19.0 Å². The van der Waals surface area contributed by atoms with Crippen LogP contribution in [0.25, 0.3) is 0 Å². The van der Waals surface area contributed by atoms with E-state index in [1.807, 2.05) is 6.07 Å². The first kappa shape index (κ1) is 13.6. The number of hydrogen-bond acceptors (Lipinski definition) is 4. The molecule has 2 aliphatic rings. The zero-order valence-electron chi connectivity index (χ0n) is 12.3. The van der Waals surface area contributed by atoms with Gasteiger partial charge in [-0.05, 0) is 30.9 Å². The monoisotopic (exact) mass is 319 g/mol.